The van der Waals surface area contributed by atoms with Gasteiger partial charge in [0.15, 0.2) is 5.96 Å². The number of aliphatic carboxylic acids is 1. The zero-order valence-electron chi connectivity index (χ0n) is 23.8. The van der Waals surface area contributed by atoms with Crippen molar-refractivity contribution in [2.75, 3.05) is 19.6 Å². The molecular formula is C27H41N9O7. The molecule has 16 heteroatoms. The second-order valence-corrected chi connectivity index (χ2v) is 10.0. The number of nitrogens with one attached hydrogen (secondary N) is 5. The highest BCUT2D eigenvalue weighted by Crippen LogP contribution is 2.09. The second-order valence-electron chi connectivity index (χ2n) is 10.0. The van der Waals surface area contributed by atoms with Crippen LogP contribution in [0.4, 0.5) is 0 Å². The first kappa shape index (κ1) is 34.5. The molecule has 1 aliphatic heterocycles. The van der Waals surface area contributed by atoms with Crippen LogP contribution in [0.2, 0.25) is 0 Å². The van der Waals surface area contributed by atoms with Crippen molar-refractivity contribution in [2.24, 2.45) is 22.2 Å². The Morgan fingerprint density at radius 2 is 1.37 bits per heavy atom. The van der Waals surface area contributed by atoms with E-state index < -0.39 is 72.6 Å². The van der Waals surface area contributed by atoms with Gasteiger partial charge in [-0.15, -0.1) is 0 Å². The van der Waals surface area contributed by atoms with Gasteiger partial charge in [0.2, 0.25) is 29.5 Å². The van der Waals surface area contributed by atoms with E-state index in [9.17, 15) is 33.9 Å². The standard InChI is InChI=1S/C27H41N9O7/c28-11-5-4-9-18-24(41)34-17(10-6-12-31-27(29)30)23(40)32-15-21(37)33-20(14-22(38)39)26(43)36-19(25(42)35-18)13-16-7-2-1-3-8-16/h1-3,7-8,17-20H,4-6,9-15,28H2,(H,32,40)(H,33,37)(H,34,41)(H,35,42)(H,36,43)(H,38,39)(H4,29,30,31)/t17-,18?,19-,20+/m0/s1. The Morgan fingerprint density at radius 3 is 2.00 bits per heavy atom. The minimum Gasteiger partial charge on any atom is -0.481 e. The fraction of sp³-hybridized carbons (Fsp3) is 0.519. The molecule has 1 saturated heterocycles. The van der Waals surface area contributed by atoms with Crippen molar-refractivity contribution in [1.29, 1.82) is 0 Å². The van der Waals surface area contributed by atoms with Gasteiger partial charge in [0.25, 0.3) is 0 Å². The van der Waals surface area contributed by atoms with Crippen LogP contribution in [0.3, 0.4) is 0 Å². The topological polar surface area (TPSA) is 273 Å². The fourth-order valence-corrected chi connectivity index (χ4v) is 4.33. The largest absolute Gasteiger partial charge is 0.481 e. The molecular weight excluding hydrogens is 562 g/mol. The molecule has 0 saturated carbocycles. The minimum atomic E-state index is -1.55. The molecule has 5 amide bonds. The van der Waals surface area contributed by atoms with Gasteiger partial charge in [-0.2, -0.15) is 0 Å². The number of amides is 5. The number of carbonyl (C=O) groups is 6. The predicted octanol–water partition coefficient (Wildman–Crippen LogP) is -3.04. The number of nitrogens with zero attached hydrogens (tertiary/aromatic N) is 1. The van der Waals surface area contributed by atoms with E-state index in [0.717, 1.165) is 0 Å². The number of benzene rings is 1. The molecule has 236 valence electrons. The number of hydrogen-bond donors (Lipinski definition) is 9. The Labute approximate surface area is 249 Å². The van der Waals surface area contributed by atoms with E-state index in [2.05, 4.69) is 31.6 Å². The van der Waals surface area contributed by atoms with Crippen LogP contribution >= 0.6 is 0 Å². The first-order valence-electron chi connectivity index (χ1n) is 14.0. The third kappa shape index (κ3) is 12.8. The molecule has 4 atom stereocenters. The number of carbonyl (C=O) groups excluding carboxylic acids is 5. The van der Waals surface area contributed by atoms with Crippen LogP contribution in [0.5, 0.6) is 0 Å². The van der Waals surface area contributed by atoms with Crippen molar-refractivity contribution in [3.63, 3.8) is 0 Å². The maximum absolute atomic E-state index is 13.6. The average molecular weight is 604 g/mol. The summed E-state index contributed by atoms with van der Waals surface area (Å²) in [7, 11) is 0. The van der Waals surface area contributed by atoms with E-state index in [4.69, 9.17) is 17.2 Å². The van der Waals surface area contributed by atoms with Gasteiger partial charge >= 0.3 is 5.97 Å². The summed E-state index contributed by atoms with van der Waals surface area (Å²) in [6.07, 6.45) is 0.854. The molecule has 0 spiro atoms. The molecule has 1 fully saturated rings. The third-order valence-electron chi connectivity index (χ3n) is 6.53. The van der Waals surface area contributed by atoms with E-state index in [1.165, 1.54) is 0 Å². The van der Waals surface area contributed by atoms with Crippen LogP contribution in [0, 0.1) is 0 Å². The van der Waals surface area contributed by atoms with Crippen LogP contribution < -0.4 is 43.8 Å². The molecule has 16 nitrogen and oxygen atoms in total. The fourth-order valence-electron chi connectivity index (χ4n) is 4.33. The van der Waals surface area contributed by atoms with Crippen molar-refractivity contribution >= 4 is 41.5 Å². The van der Waals surface area contributed by atoms with E-state index in [-0.39, 0.29) is 31.8 Å². The van der Waals surface area contributed by atoms with Crippen molar-refractivity contribution in [3.05, 3.63) is 35.9 Å². The number of carboxylic acids is 1. The number of hydrogen-bond acceptors (Lipinski definition) is 8. The number of nitrogens with two attached hydrogens (primary N) is 3. The molecule has 0 aromatic heterocycles. The number of unbranched alkanes of at least 4 members (excludes halogenated alkanes) is 1. The van der Waals surface area contributed by atoms with E-state index >= 15 is 0 Å². The summed E-state index contributed by atoms with van der Waals surface area (Å²) in [4.78, 5) is 81.1. The van der Waals surface area contributed by atoms with Crippen molar-refractivity contribution in [2.45, 2.75) is 69.1 Å². The molecule has 1 aliphatic rings. The molecule has 0 aliphatic carbocycles. The van der Waals surface area contributed by atoms with E-state index in [1.54, 1.807) is 30.3 Å². The summed E-state index contributed by atoms with van der Waals surface area (Å²) in [5.74, 6) is -5.36. The summed E-state index contributed by atoms with van der Waals surface area (Å²) in [5, 5.41) is 21.9. The monoisotopic (exact) mass is 603 g/mol. The van der Waals surface area contributed by atoms with Gasteiger partial charge in [0.05, 0.1) is 13.0 Å². The Morgan fingerprint density at radius 1 is 0.791 bits per heavy atom. The lowest BCUT2D eigenvalue weighted by molar-refractivity contribution is -0.141. The van der Waals surface area contributed by atoms with Gasteiger partial charge in [0, 0.05) is 13.0 Å². The first-order valence-corrected chi connectivity index (χ1v) is 14.0. The van der Waals surface area contributed by atoms with Gasteiger partial charge in [-0.05, 0) is 44.2 Å². The summed E-state index contributed by atoms with van der Waals surface area (Å²) in [6, 6.07) is 3.75. The summed E-state index contributed by atoms with van der Waals surface area (Å²) in [6.45, 7) is -0.0746. The Hall–Kier alpha value is -4.73. The maximum Gasteiger partial charge on any atom is 0.305 e. The number of rotatable bonds is 12. The van der Waals surface area contributed by atoms with Gasteiger partial charge < -0.3 is 48.9 Å². The molecule has 1 aromatic rings. The zero-order chi connectivity index (χ0) is 31.8. The smallest absolute Gasteiger partial charge is 0.305 e. The van der Waals surface area contributed by atoms with Gasteiger partial charge in [0.1, 0.15) is 24.2 Å². The lowest BCUT2D eigenvalue weighted by atomic mass is 10.0. The highest BCUT2D eigenvalue weighted by atomic mass is 16.4. The molecule has 2 rings (SSSR count). The number of guanidine groups is 1. The van der Waals surface area contributed by atoms with Gasteiger partial charge in [-0.3, -0.25) is 33.8 Å². The molecule has 1 unspecified atom stereocenters. The van der Waals surface area contributed by atoms with Gasteiger partial charge in [-0.25, -0.2) is 0 Å². The minimum absolute atomic E-state index is 0.0107. The van der Waals surface area contributed by atoms with Crippen molar-refractivity contribution in [3.8, 4) is 0 Å². The predicted molar refractivity (Wildman–Crippen MR) is 156 cm³/mol. The third-order valence-corrected chi connectivity index (χ3v) is 6.53. The highest BCUT2D eigenvalue weighted by molar-refractivity contribution is 5.98. The quantitative estimate of drug-likeness (QED) is 0.0661. The van der Waals surface area contributed by atoms with Crippen molar-refractivity contribution in [1.82, 2.24) is 26.6 Å². The maximum atomic E-state index is 13.6. The molecule has 12 N–H and O–H groups in total. The van der Waals surface area contributed by atoms with E-state index in [0.29, 0.717) is 31.4 Å². The lowest BCUT2D eigenvalue weighted by Crippen LogP contribution is -2.58. The normalized spacial score (nSPS) is 22.0. The SMILES string of the molecule is NCCCCC1NC(=O)[C@H](Cc2ccccc2)NC(=O)[C@@H](CC(=O)O)NC(=O)CNC(=O)[C@H](CCCN=C(N)N)NC1=O. The molecule has 1 heterocycles. The van der Waals surface area contributed by atoms with Crippen LogP contribution in [-0.2, 0) is 35.2 Å². The van der Waals surface area contributed by atoms with Crippen LogP contribution in [0.15, 0.2) is 35.3 Å². The second kappa shape index (κ2) is 17.9. The zero-order valence-corrected chi connectivity index (χ0v) is 23.8. The average Bonchev–Trinajstić information content (AvgIpc) is 2.95. The lowest BCUT2D eigenvalue weighted by Gasteiger charge is -2.26. The van der Waals surface area contributed by atoms with E-state index in [1.807, 2.05) is 0 Å². The number of carboxylic acid groups (broad SMARTS) is 1. The summed E-state index contributed by atoms with van der Waals surface area (Å²) < 4.78 is 0. The Bertz CT molecular complexity index is 1160. The van der Waals surface area contributed by atoms with Crippen LogP contribution in [0.1, 0.15) is 44.1 Å². The van der Waals surface area contributed by atoms with Crippen molar-refractivity contribution < 1.29 is 33.9 Å². The molecule has 1 aromatic carbocycles. The summed E-state index contributed by atoms with van der Waals surface area (Å²) >= 11 is 0. The molecule has 0 radical (unpaired) electrons. The molecule has 0 bridgehead atoms. The Balaban J connectivity index is 2.44. The summed E-state index contributed by atoms with van der Waals surface area (Å²) in [5.41, 5.74) is 17.0. The highest BCUT2D eigenvalue weighted by Gasteiger charge is 2.33. The molecule has 43 heavy (non-hydrogen) atoms. The number of aliphatic imine (C=N–C) groups is 1. The first-order chi connectivity index (χ1) is 20.5. The van der Waals surface area contributed by atoms with Crippen LogP contribution in [-0.4, -0.2) is 90.4 Å². The van der Waals surface area contributed by atoms with Gasteiger partial charge in [-0.1, -0.05) is 30.3 Å². The Kier molecular flexibility index (Phi) is 14.4. The van der Waals surface area contributed by atoms with Crippen LogP contribution in [0.25, 0.3) is 0 Å².